The Morgan fingerprint density at radius 3 is 1.79 bits per heavy atom. The lowest BCUT2D eigenvalue weighted by Gasteiger charge is -2.19. The first kappa shape index (κ1) is 30.2. The highest BCUT2D eigenvalue weighted by molar-refractivity contribution is 5.63. The van der Waals surface area contributed by atoms with Gasteiger partial charge in [0, 0.05) is 19.6 Å². The number of ether oxygens (including phenoxy) is 3. The molecule has 1 aromatic rings. The monoisotopic (exact) mass is 480 g/mol. The molecule has 6 nitrogen and oxygen atoms in total. The molecule has 0 aliphatic heterocycles. The third-order valence-electron chi connectivity index (χ3n) is 6.03. The number of phenolic OH excluding ortho intramolecular Hbond substituents is 1. The molecule has 0 atom stereocenters. The van der Waals surface area contributed by atoms with Gasteiger partial charge in [0.15, 0.2) is 17.8 Å². The van der Waals surface area contributed by atoms with Gasteiger partial charge < -0.3 is 24.4 Å². The number of hydrogen-bond acceptors (Lipinski definition) is 5. The van der Waals surface area contributed by atoms with Gasteiger partial charge in [-0.25, -0.2) is 4.79 Å². The second kappa shape index (κ2) is 20.6. The Morgan fingerprint density at radius 2 is 1.29 bits per heavy atom. The zero-order valence-electron chi connectivity index (χ0n) is 21.6. The number of carbonyl (C=O) groups is 1. The molecular weight excluding hydrogens is 432 g/mol. The predicted octanol–water partition coefficient (Wildman–Crippen LogP) is 8.24. The summed E-state index contributed by atoms with van der Waals surface area (Å²) in [4.78, 5) is 10.8. The number of unbranched alkanes of at least 4 members (excludes halogenated alkanes) is 12. The third kappa shape index (κ3) is 15.2. The van der Waals surface area contributed by atoms with E-state index in [4.69, 9.17) is 14.6 Å². The molecule has 2 N–H and O–H groups in total. The molecule has 0 bridgehead atoms. The van der Waals surface area contributed by atoms with Gasteiger partial charge in [-0.3, -0.25) is 0 Å². The molecule has 0 aromatic heterocycles. The van der Waals surface area contributed by atoms with Crippen molar-refractivity contribution < 1.29 is 29.2 Å². The van der Waals surface area contributed by atoms with Gasteiger partial charge in [-0.05, 0) is 30.9 Å². The summed E-state index contributed by atoms with van der Waals surface area (Å²) < 4.78 is 16.8. The van der Waals surface area contributed by atoms with Crippen LogP contribution in [0.1, 0.15) is 116 Å². The number of aromatic hydroxyl groups is 1. The van der Waals surface area contributed by atoms with Gasteiger partial charge in [0.05, 0.1) is 0 Å². The molecule has 0 aliphatic carbocycles. The summed E-state index contributed by atoms with van der Waals surface area (Å²) in [5.41, 5.74) is 0.628. The van der Waals surface area contributed by atoms with E-state index in [0.29, 0.717) is 31.6 Å². The number of para-hydroxylation sites is 1. The van der Waals surface area contributed by atoms with E-state index in [9.17, 15) is 9.90 Å². The van der Waals surface area contributed by atoms with Crippen LogP contribution in [0.5, 0.6) is 11.5 Å². The van der Waals surface area contributed by atoms with Gasteiger partial charge in [0.25, 0.3) is 0 Å². The molecule has 196 valence electrons. The summed E-state index contributed by atoms with van der Waals surface area (Å²) in [5.74, 6) is -0.183. The van der Waals surface area contributed by atoms with Crippen LogP contribution in [-0.2, 0) is 15.9 Å². The van der Waals surface area contributed by atoms with Crippen molar-refractivity contribution in [2.45, 2.75) is 123 Å². The van der Waals surface area contributed by atoms with Gasteiger partial charge in [-0.15, -0.1) is 0 Å². The van der Waals surface area contributed by atoms with Crippen molar-refractivity contribution in [2.75, 3.05) is 13.2 Å². The fraction of sp³-hybridized carbons (Fsp3) is 0.750. The number of phenols is 1. The van der Waals surface area contributed by atoms with E-state index in [1.807, 2.05) is 0 Å². The quantitative estimate of drug-likeness (QED) is 0.0752. The van der Waals surface area contributed by atoms with Gasteiger partial charge in [-0.1, -0.05) is 103 Å². The summed E-state index contributed by atoms with van der Waals surface area (Å²) in [6.45, 7) is 5.80. The molecule has 34 heavy (non-hydrogen) atoms. The summed E-state index contributed by atoms with van der Waals surface area (Å²) in [7, 11) is 0. The van der Waals surface area contributed by atoms with Gasteiger partial charge in [0.1, 0.15) is 0 Å². The van der Waals surface area contributed by atoms with Crippen molar-refractivity contribution >= 4 is 6.16 Å². The lowest BCUT2D eigenvalue weighted by atomic mass is 10.1. The first-order valence-electron chi connectivity index (χ1n) is 13.5. The SMILES string of the molecule is CCCCCCCCCOC(CCc1cccc(OC(=O)O)c1O)OCCCCCCCCC. The maximum atomic E-state index is 10.8. The van der Waals surface area contributed by atoms with Crippen LogP contribution in [0.25, 0.3) is 0 Å². The fourth-order valence-corrected chi connectivity index (χ4v) is 3.98. The molecule has 0 aliphatic rings. The number of benzene rings is 1. The molecule has 0 radical (unpaired) electrons. The Morgan fingerprint density at radius 1 is 0.794 bits per heavy atom. The van der Waals surface area contributed by atoms with Crippen LogP contribution in [0, 0.1) is 0 Å². The van der Waals surface area contributed by atoms with Crippen LogP contribution >= 0.6 is 0 Å². The van der Waals surface area contributed by atoms with Crippen molar-refractivity contribution in [3.63, 3.8) is 0 Å². The van der Waals surface area contributed by atoms with E-state index in [-0.39, 0.29) is 17.8 Å². The second-order valence-corrected chi connectivity index (χ2v) is 9.08. The number of hydrogen-bond donors (Lipinski definition) is 2. The zero-order valence-corrected chi connectivity index (χ0v) is 21.6. The first-order valence-corrected chi connectivity index (χ1v) is 13.5. The lowest BCUT2D eigenvalue weighted by Crippen LogP contribution is -2.20. The molecule has 0 amide bonds. The minimum atomic E-state index is -1.44. The Balaban J connectivity index is 2.44. The lowest BCUT2D eigenvalue weighted by molar-refractivity contribution is -0.147. The third-order valence-corrected chi connectivity index (χ3v) is 6.03. The highest BCUT2D eigenvalue weighted by Gasteiger charge is 2.15. The average Bonchev–Trinajstić information content (AvgIpc) is 2.82. The van der Waals surface area contributed by atoms with E-state index in [2.05, 4.69) is 18.6 Å². The summed E-state index contributed by atoms with van der Waals surface area (Å²) in [5, 5.41) is 19.2. The van der Waals surface area contributed by atoms with Crippen LogP contribution in [0.3, 0.4) is 0 Å². The number of aryl methyl sites for hydroxylation is 1. The standard InChI is InChI=1S/C28H48O6/c1-3-5-7-9-11-13-15-22-32-26(33-23-16-14-12-10-8-6-4-2)21-20-24-18-17-19-25(27(24)29)34-28(30)31/h17-19,26,29H,3-16,20-23H2,1-2H3,(H,30,31). The van der Waals surface area contributed by atoms with E-state index >= 15 is 0 Å². The predicted molar refractivity (Wildman–Crippen MR) is 137 cm³/mol. The Labute approximate surface area is 207 Å². The minimum absolute atomic E-state index is 0.0467. The minimum Gasteiger partial charge on any atom is -0.504 e. The fourth-order valence-electron chi connectivity index (χ4n) is 3.98. The van der Waals surface area contributed by atoms with Crippen molar-refractivity contribution in [1.29, 1.82) is 0 Å². The van der Waals surface area contributed by atoms with Crippen molar-refractivity contribution in [2.24, 2.45) is 0 Å². The highest BCUT2D eigenvalue weighted by Crippen LogP contribution is 2.31. The van der Waals surface area contributed by atoms with Crippen LogP contribution in [-0.4, -0.2) is 35.9 Å². The smallest absolute Gasteiger partial charge is 0.504 e. The van der Waals surface area contributed by atoms with E-state index < -0.39 is 6.16 Å². The van der Waals surface area contributed by atoms with Crippen LogP contribution in [0.4, 0.5) is 4.79 Å². The average molecular weight is 481 g/mol. The molecule has 1 aromatic carbocycles. The van der Waals surface area contributed by atoms with Crippen LogP contribution in [0.2, 0.25) is 0 Å². The molecule has 0 heterocycles. The van der Waals surface area contributed by atoms with E-state index in [1.54, 1.807) is 12.1 Å². The summed E-state index contributed by atoms with van der Waals surface area (Å²) >= 11 is 0. The number of carboxylic acid groups (broad SMARTS) is 1. The molecule has 6 heteroatoms. The molecule has 0 fully saturated rings. The maximum Gasteiger partial charge on any atom is 0.511 e. The maximum absolute atomic E-state index is 10.8. The summed E-state index contributed by atoms with van der Waals surface area (Å²) in [6.07, 6.45) is 16.6. The molecule has 0 saturated carbocycles. The summed E-state index contributed by atoms with van der Waals surface area (Å²) in [6, 6.07) is 4.90. The van der Waals surface area contributed by atoms with Gasteiger partial charge >= 0.3 is 6.16 Å². The van der Waals surface area contributed by atoms with Crippen molar-refractivity contribution in [3.8, 4) is 11.5 Å². The van der Waals surface area contributed by atoms with Gasteiger partial charge in [0.2, 0.25) is 0 Å². The Bertz CT molecular complexity index is 613. The molecule has 0 saturated heterocycles. The molecule has 1 rings (SSSR count). The number of rotatable bonds is 22. The molecule has 0 spiro atoms. The van der Waals surface area contributed by atoms with Gasteiger partial charge in [-0.2, -0.15) is 0 Å². The normalized spacial score (nSPS) is 11.3. The van der Waals surface area contributed by atoms with Crippen molar-refractivity contribution in [1.82, 2.24) is 0 Å². The van der Waals surface area contributed by atoms with Crippen LogP contribution in [0.15, 0.2) is 18.2 Å². The van der Waals surface area contributed by atoms with Crippen LogP contribution < -0.4 is 4.74 Å². The Hall–Kier alpha value is -1.79. The van der Waals surface area contributed by atoms with E-state index in [0.717, 1.165) is 12.8 Å². The highest BCUT2D eigenvalue weighted by atomic mass is 16.7. The molecular formula is C28H48O6. The largest absolute Gasteiger partial charge is 0.511 e. The van der Waals surface area contributed by atoms with E-state index in [1.165, 1.54) is 83.1 Å². The topological polar surface area (TPSA) is 85.2 Å². The Kier molecular flexibility index (Phi) is 18.3. The zero-order chi connectivity index (χ0) is 24.9. The first-order chi connectivity index (χ1) is 16.6. The van der Waals surface area contributed by atoms with Crippen molar-refractivity contribution in [3.05, 3.63) is 23.8 Å². The molecule has 0 unspecified atom stereocenters. The second-order valence-electron chi connectivity index (χ2n) is 9.08.